The number of aliphatic imine (C=N–C) groups is 1. The molecule has 168 valence electrons. The van der Waals surface area contributed by atoms with Crippen molar-refractivity contribution in [3.05, 3.63) is 42.1 Å². The maximum absolute atomic E-state index is 12.8. The summed E-state index contributed by atoms with van der Waals surface area (Å²) in [5, 5.41) is 8.05. The largest absolute Gasteiger partial charge is 0.357 e. The van der Waals surface area contributed by atoms with Crippen LogP contribution in [0.25, 0.3) is 10.9 Å². The molecule has 1 atom stereocenters. The molecule has 2 N–H and O–H groups in total. The van der Waals surface area contributed by atoms with Crippen LogP contribution >= 0.6 is 24.0 Å². The van der Waals surface area contributed by atoms with Gasteiger partial charge in [0.2, 0.25) is 5.91 Å². The Balaban J connectivity index is 0.00000272. The molecule has 1 aliphatic carbocycles. The van der Waals surface area contributed by atoms with Gasteiger partial charge in [0.05, 0.1) is 12.1 Å². The number of rotatable bonds is 5. The molecule has 2 aromatic rings. The Hall–Kier alpha value is -1.90. The van der Waals surface area contributed by atoms with Crippen LogP contribution in [0, 0.1) is 5.92 Å². The van der Waals surface area contributed by atoms with Crippen LogP contribution in [-0.4, -0.2) is 47.4 Å². The van der Waals surface area contributed by atoms with Crippen molar-refractivity contribution >= 4 is 46.7 Å². The van der Waals surface area contributed by atoms with Crippen LogP contribution in [0.1, 0.15) is 51.0 Å². The zero-order chi connectivity index (χ0) is 20.8. The molecule has 2 heterocycles. The predicted octanol–water partition coefficient (Wildman–Crippen LogP) is 4.09. The second-order valence-electron chi connectivity index (χ2n) is 8.43. The molecule has 4 rings (SSSR count). The van der Waals surface area contributed by atoms with Crippen molar-refractivity contribution in [2.75, 3.05) is 19.6 Å². The molecule has 1 aliphatic heterocycles. The first-order valence-corrected chi connectivity index (χ1v) is 11.4. The number of para-hydroxylation sites is 1. The van der Waals surface area contributed by atoms with Gasteiger partial charge in [0.25, 0.3) is 0 Å². The summed E-state index contributed by atoms with van der Waals surface area (Å²) in [5.41, 5.74) is 2.16. The number of pyridine rings is 1. The number of amides is 1. The van der Waals surface area contributed by atoms with E-state index in [2.05, 4.69) is 33.5 Å². The number of carbonyl (C=O) groups is 1. The highest BCUT2D eigenvalue weighted by Gasteiger charge is 2.31. The first-order valence-electron chi connectivity index (χ1n) is 11.4. The minimum atomic E-state index is 0. The van der Waals surface area contributed by atoms with Crippen LogP contribution in [0.15, 0.2) is 41.5 Å². The van der Waals surface area contributed by atoms with Gasteiger partial charge in [-0.05, 0) is 43.9 Å². The average Bonchev–Trinajstić information content (AvgIpc) is 3.26. The lowest BCUT2D eigenvalue weighted by Gasteiger charge is -2.26. The highest BCUT2D eigenvalue weighted by atomic mass is 127. The molecule has 1 amide bonds. The fraction of sp³-hybridized carbons (Fsp3) is 0.542. The average molecular weight is 535 g/mol. The highest BCUT2D eigenvalue weighted by Crippen LogP contribution is 2.26. The molecule has 7 heteroatoms. The second-order valence-corrected chi connectivity index (χ2v) is 8.43. The minimum absolute atomic E-state index is 0. The SMILES string of the molecule is CCNC(=NCc1ccnc2ccccc12)NC1CCN(C(=O)C2CCCCC2)C1.I. The van der Waals surface area contributed by atoms with E-state index in [1.54, 1.807) is 0 Å². The van der Waals surface area contributed by atoms with Crippen molar-refractivity contribution in [1.29, 1.82) is 0 Å². The van der Waals surface area contributed by atoms with Gasteiger partial charge in [-0.2, -0.15) is 0 Å². The molecule has 6 nitrogen and oxygen atoms in total. The normalized spacial score (nSPS) is 19.8. The van der Waals surface area contributed by atoms with Crippen LogP contribution in [0.5, 0.6) is 0 Å². The molecule has 1 saturated heterocycles. The second kappa shape index (κ2) is 11.6. The van der Waals surface area contributed by atoms with E-state index < -0.39 is 0 Å². The number of halogens is 1. The van der Waals surface area contributed by atoms with E-state index in [9.17, 15) is 4.79 Å². The Morgan fingerprint density at radius 2 is 1.97 bits per heavy atom. The van der Waals surface area contributed by atoms with Crippen LogP contribution in [-0.2, 0) is 11.3 Å². The van der Waals surface area contributed by atoms with Crippen molar-refractivity contribution in [3.8, 4) is 0 Å². The fourth-order valence-corrected chi connectivity index (χ4v) is 4.66. The monoisotopic (exact) mass is 535 g/mol. The Labute approximate surface area is 202 Å². The maximum atomic E-state index is 12.8. The van der Waals surface area contributed by atoms with Crippen molar-refractivity contribution in [3.63, 3.8) is 0 Å². The van der Waals surface area contributed by atoms with E-state index in [0.717, 1.165) is 55.8 Å². The van der Waals surface area contributed by atoms with Crippen LogP contribution in [0.2, 0.25) is 0 Å². The molecule has 31 heavy (non-hydrogen) atoms. The van der Waals surface area contributed by atoms with E-state index >= 15 is 0 Å². The lowest BCUT2D eigenvalue weighted by atomic mass is 9.88. The molecule has 2 aliphatic rings. The number of nitrogens with one attached hydrogen (secondary N) is 2. The molecule has 1 aromatic carbocycles. The number of benzene rings is 1. The lowest BCUT2D eigenvalue weighted by Crippen LogP contribution is -2.45. The quantitative estimate of drug-likeness (QED) is 0.344. The molecule has 2 fully saturated rings. The third kappa shape index (κ3) is 6.08. The number of carbonyl (C=O) groups excluding carboxylic acids is 1. The molecular weight excluding hydrogens is 501 g/mol. The van der Waals surface area contributed by atoms with Gasteiger partial charge in [0.1, 0.15) is 0 Å². The summed E-state index contributed by atoms with van der Waals surface area (Å²) in [6.07, 6.45) is 8.64. The number of fused-ring (bicyclic) bond motifs is 1. The Morgan fingerprint density at radius 1 is 1.16 bits per heavy atom. The number of hydrogen-bond donors (Lipinski definition) is 2. The topological polar surface area (TPSA) is 69.6 Å². The summed E-state index contributed by atoms with van der Waals surface area (Å²) in [6, 6.07) is 10.5. The Bertz CT molecular complexity index is 891. The summed E-state index contributed by atoms with van der Waals surface area (Å²) < 4.78 is 0. The number of guanidine groups is 1. The molecular formula is C24H34IN5O. The van der Waals surface area contributed by atoms with Gasteiger partial charge in [-0.15, -0.1) is 24.0 Å². The molecule has 1 unspecified atom stereocenters. The van der Waals surface area contributed by atoms with Crippen LogP contribution in [0.3, 0.4) is 0 Å². The number of aromatic nitrogens is 1. The van der Waals surface area contributed by atoms with Crippen molar-refractivity contribution < 1.29 is 4.79 Å². The van der Waals surface area contributed by atoms with Crippen LogP contribution < -0.4 is 10.6 Å². The smallest absolute Gasteiger partial charge is 0.225 e. The summed E-state index contributed by atoms with van der Waals surface area (Å²) >= 11 is 0. The van der Waals surface area contributed by atoms with E-state index in [4.69, 9.17) is 4.99 Å². The van der Waals surface area contributed by atoms with E-state index in [1.165, 1.54) is 24.8 Å². The van der Waals surface area contributed by atoms with Gasteiger partial charge in [-0.1, -0.05) is 37.5 Å². The summed E-state index contributed by atoms with van der Waals surface area (Å²) in [6.45, 7) is 5.10. The van der Waals surface area contributed by atoms with Crippen molar-refractivity contribution in [1.82, 2.24) is 20.5 Å². The highest BCUT2D eigenvalue weighted by molar-refractivity contribution is 14.0. The summed E-state index contributed by atoms with van der Waals surface area (Å²) in [4.78, 5) is 24.2. The standard InChI is InChI=1S/C24H33N5O.HI/c1-2-25-24(27-16-19-12-14-26-22-11-7-6-10-21(19)22)28-20-13-15-29(17-20)23(30)18-8-4-3-5-9-18;/h6-7,10-12,14,18,20H,2-5,8-9,13,15-17H2,1H3,(H2,25,27,28);1H. The zero-order valence-electron chi connectivity index (χ0n) is 18.3. The van der Waals surface area contributed by atoms with E-state index in [0.29, 0.717) is 12.5 Å². The fourth-order valence-electron chi connectivity index (χ4n) is 4.66. The van der Waals surface area contributed by atoms with Crippen molar-refractivity contribution in [2.24, 2.45) is 10.9 Å². The van der Waals surface area contributed by atoms with Gasteiger partial charge < -0.3 is 15.5 Å². The molecule has 0 spiro atoms. The number of hydrogen-bond acceptors (Lipinski definition) is 3. The van der Waals surface area contributed by atoms with Gasteiger partial charge in [-0.25, -0.2) is 4.99 Å². The molecule has 0 bridgehead atoms. The predicted molar refractivity (Wildman–Crippen MR) is 137 cm³/mol. The first kappa shape index (κ1) is 23.8. The molecule has 1 aromatic heterocycles. The number of nitrogens with zero attached hydrogens (tertiary/aromatic N) is 3. The Morgan fingerprint density at radius 3 is 2.77 bits per heavy atom. The van der Waals surface area contributed by atoms with Gasteiger partial charge in [-0.3, -0.25) is 9.78 Å². The van der Waals surface area contributed by atoms with Gasteiger partial charge in [0, 0.05) is 43.2 Å². The maximum Gasteiger partial charge on any atom is 0.225 e. The minimum Gasteiger partial charge on any atom is -0.357 e. The molecule has 0 radical (unpaired) electrons. The van der Waals surface area contributed by atoms with Gasteiger partial charge in [0.15, 0.2) is 5.96 Å². The zero-order valence-corrected chi connectivity index (χ0v) is 20.7. The lowest BCUT2D eigenvalue weighted by molar-refractivity contribution is -0.135. The first-order chi connectivity index (χ1) is 14.7. The number of likely N-dealkylation sites (tertiary alicyclic amines) is 1. The summed E-state index contributed by atoms with van der Waals surface area (Å²) in [5.74, 6) is 1.43. The summed E-state index contributed by atoms with van der Waals surface area (Å²) in [7, 11) is 0. The van der Waals surface area contributed by atoms with E-state index in [-0.39, 0.29) is 35.9 Å². The Kier molecular flexibility index (Phi) is 8.92. The third-order valence-corrected chi connectivity index (χ3v) is 6.29. The van der Waals surface area contributed by atoms with Crippen LogP contribution in [0.4, 0.5) is 0 Å². The van der Waals surface area contributed by atoms with E-state index in [1.807, 2.05) is 30.5 Å². The van der Waals surface area contributed by atoms with Crippen molar-refractivity contribution in [2.45, 2.75) is 58.0 Å². The molecule has 1 saturated carbocycles. The third-order valence-electron chi connectivity index (χ3n) is 6.29. The van der Waals surface area contributed by atoms with Gasteiger partial charge >= 0.3 is 0 Å².